The van der Waals surface area contributed by atoms with E-state index in [9.17, 15) is 0 Å². The van der Waals surface area contributed by atoms with Gasteiger partial charge < -0.3 is 4.74 Å². The predicted molar refractivity (Wildman–Crippen MR) is 77.5 cm³/mol. The first-order chi connectivity index (χ1) is 8.31. The van der Waals surface area contributed by atoms with Crippen molar-refractivity contribution in [2.24, 2.45) is 5.41 Å². The molecule has 0 spiro atoms. The van der Waals surface area contributed by atoms with E-state index in [4.69, 9.17) is 16.3 Å². The summed E-state index contributed by atoms with van der Waals surface area (Å²) in [6, 6.07) is 3.98. The molecule has 0 radical (unpaired) electrons. The zero-order valence-corrected chi connectivity index (χ0v) is 12.8. The van der Waals surface area contributed by atoms with Crippen LogP contribution >= 0.6 is 11.6 Å². The van der Waals surface area contributed by atoms with Crippen LogP contribution in [-0.4, -0.2) is 11.6 Å². The summed E-state index contributed by atoms with van der Waals surface area (Å²) in [4.78, 5) is 4.52. The molecule has 0 unspecified atom stereocenters. The Bertz CT molecular complexity index is 383. The van der Waals surface area contributed by atoms with Crippen molar-refractivity contribution in [2.45, 2.75) is 52.8 Å². The van der Waals surface area contributed by atoms with Gasteiger partial charge in [0.05, 0.1) is 6.61 Å². The number of alkyl halides is 1. The third-order valence-corrected chi connectivity index (χ3v) is 3.04. The Balaban J connectivity index is 2.73. The van der Waals surface area contributed by atoms with Crippen molar-refractivity contribution < 1.29 is 4.74 Å². The van der Waals surface area contributed by atoms with Crippen LogP contribution in [0, 0.1) is 5.41 Å². The van der Waals surface area contributed by atoms with Crippen LogP contribution in [0.4, 0.5) is 0 Å². The summed E-state index contributed by atoms with van der Waals surface area (Å²) >= 11 is 5.90. The maximum absolute atomic E-state index is 5.90. The number of nitrogens with zero attached hydrogens (tertiary/aromatic N) is 1. The van der Waals surface area contributed by atoms with Crippen LogP contribution in [-0.2, 0) is 5.88 Å². The van der Waals surface area contributed by atoms with E-state index in [1.54, 1.807) is 0 Å². The summed E-state index contributed by atoms with van der Waals surface area (Å²) in [6.07, 6.45) is 1.01. The minimum Gasteiger partial charge on any atom is -0.478 e. The molecule has 0 fully saturated rings. The van der Waals surface area contributed by atoms with Crippen LogP contribution in [0.2, 0.25) is 0 Å². The first-order valence-corrected chi connectivity index (χ1v) is 7.05. The summed E-state index contributed by atoms with van der Waals surface area (Å²) in [5.41, 5.74) is 2.39. The van der Waals surface area contributed by atoms with E-state index in [1.165, 1.54) is 0 Å². The quantitative estimate of drug-likeness (QED) is 0.719. The van der Waals surface area contributed by atoms with Gasteiger partial charge in [-0.1, -0.05) is 34.6 Å². The molecule has 0 aliphatic heterocycles. The molecule has 1 aromatic heterocycles. The maximum atomic E-state index is 5.90. The number of aromatic nitrogens is 1. The van der Waals surface area contributed by atoms with Crippen molar-refractivity contribution in [1.29, 1.82) is 0 Å². The summed E-state index contributed by atoms with van der Waals surface area (Å²) in [5.74, 6) is 1.58. The van der Waals surface area contributed by atoms with Crippen LogP contribution in [0.1, 0.15) is 58.2 Å². The van der Waals surface area contributed by atoms with Crippen LogP contribution in [0.25, 0.3) is 0 Å². The highest BCUT2D eigenvalue weighted by atomic mass is 35.5. The summed E-state index contributed by atoms with van der Waals surface area (Å²) in [6.45, 7) is 11.6. The van der Waals surface area contributed by atoms with E-state index in [0.29, 0.717) is 24.3 Å². The maximum Gasteiger partial charge on any atom is 0.213 e. The minimum absolute atomic E-state index is 0.283. The molecule has 0 N–H and O–H groups in total. The minimum atomic E-state index is 0.283. The molecule has 0 atom stereocenters. The van der Waals surface area contributed by atoms with E-state index in [0.717, 1.165) is 17.7 Å². The van der Waals surface area contributed by atoms with Gasteiger partial charge in [-0.25, -0.2) is 4.98 Å². The Kier molecular flexibility index (Phi) is 5.46. The highest BCUT2D eigenvalue weighted by Crippen LogP contribution is 2.22. The summed E-state index contributed by atoms with van der Waals surface area (Å²) in [5, 5.41) is 0. The van der Waals surface area contributed by atoms with Gasteiger partial charge in [0.15, 0.2) is 0 Å². The molecule has 0 aliphatic rings. The van der Waals surface area contributed by atoms with E-state index in [-0.39, 0.29) is 5.41 Å². The van der Waals surface area contributed by atoms with Gasteiger partial charge in [-0.15, -0.1) is 11.6 Å². The highest BCUT2D eigenvalue weighted by molar-refractivity contribution is 6.17. The van der Waals surface area contributed by atoms with Gasteiger partial charge in [-0.2, -0.15) is 0 Å². The van der Waals surface area contributed by atoms with Crippen LogP contribution < -0.4 is 4.74 Å². The average Bonchev–Trinajstić information content (AvgIpc) is 2.26. The number of ether oxygens (including phenoxy) is 1. The lowest BCUT2D eigenvalue weighted by Crippen LogP contribution is -2.12. The van der Waals surface area contributed by atoms with Crippen LogP contribution in [0.15, 0.2) is 12.1 Å². The lowest BCUT2D eigenvalue weighted by molar-refractivity contribution is 0.235. The Hall–Kier alpha value is -0.760. The van der Waals surface area contributed by atoms with Gasteiger partial charge in [-0.05, 0) is 29.4 Å². The van der Waals surface area contributed by atoms with Crippen molar-refractivity contribution in [3.63, 3.8) is 0 Å². The monoisotopic (exact) mass is 269 g/mol. The molecule has 1 aromatic rings. The first-order valence-electron chi connectivity index (χ1n) is 6.51. The highest BCUT2D eigenvalue weighted by Gasteiger charge is 2.11. The lowest BCUT2D eigenvalue weighted by Gasteiger charge is -2.18. The molecule has 0 saturated heterocycles. The summed E-state index contributed by atoms with van der Waals surface area (Å²) in [7, 11) is 0. The second kappa shape index (κ2) is 6.42. The molecule has 0 bridgehead atoms. The van der Waals surface area contributed by atoms with Crippen molar-refractivity contribution in [1.82, 2.24) is 4.98 Å². The fourth-order valence-electron chi connectivity index (χ4n) is 1.49. The van der Waals surface area contributed by atoms with Crippen molar-refractivity contribution in [3.05, 3.63) is 23.4 Å². The second-order valence-electron chi connectivity index (χ2n) is 6.19. The molecule has 1 rings (SSSR count). The molecule has 18 heavy (non-hydrogen) atoms. The molecular formula is C15H24ClNO. The van der Waals surface area contributed by atoms with Gasteiger partial charge in [0, 0.05) is 17.6 Å². The SMILES string of the molecule is CC(C)c1cc(CCl)cc(OCCC(C)(C)C)n1. The number of hydrogen-bond acceptors (Lipinski definition) is 2. The predicted octanol–water partition coefficient (Wildman–Crippen LogP) is 4.76. The standard InChI is InChI=1S/C15H24ClNO/c1-11(2)13-8-12(10-16)9-14(17-13)18-7-6-15(3,4)5/h8-9,11H,6-7,10H2,1-5H3. The first kappa shape index (κ1) is 15.3. The Labute approximate surface area is 116 Å². The number of rotatable bonds is 5. The number of pyridine rings is 1. The number of hydrogen-bond donors (Lipinski definition) is 0. The Morgan fingerprint density at radius 2 is 1.94 bits per heavy atom. The molecule has 2 nitrogen and oxygen atoms in total. The second-order valence-corrected chi connectivity index (χ2v) is 6.45. The van der Waals surface area contributed by atoms with Crippen molar-refractivity contribution in [2.75, 3.05) is 6.61 Å². The molecule has 3 heteroatoms. The molecule has 0 aromatic carbocycles. The topological polar surface area (TPSA) is 22.1 Å². The fourth-order valence-corrected chi connectivity index (χ4v) is 1.64. The Morgan fingerprint density at radius 1 is 1.28 bits per heavy atom. The summed E-state index contributed by atoms with van der Waals surface area (Å²) < 4.78 is 5.75. The number of halogens is 1. The average molecular weight is 270 g/mol. The third-order valence-electron chi connectivity index (χ3n) is 2.73. The Morgan fingerprint density at radius 3 is 2.44 bits per heavy atom. The fraction of sp³-hybridized carbons (Fsp3) is 0.667. The van der Waals surface area contributed by atoms with E-state index in [1.807, 2.05) is 12.1 Å². The third kappa shape index (κ3) is 5.26. The van der Waals surface area contributed by atoms with E-state index < -0.39 is 0 Å². The zero-order chi connectivity index (χ0) is 13.8. The molecular weight excluding hydrogens is 246 g/mol. The van der Waals surface area contributed by atoms with Gasteiger partial charge in [0.1, 0.15) is 0 Å². The molecule has 1 heterocycles. The van der Waals surface area contributed by atoms with Gasteiger partial charge in [-0.3, -0.25) is 0 Å². The normalized spacial score (nSPS) is 11.9. The van der Waals surface area contributed by atoms with E-state index >= 15 is 0 Å². The van der Waals surface area contributed by atoms with Crippen LogP contribution in [0.5, 0.6) is 5.88 Å². The van der Waals surface area contributed by atoms with E-state index in [2.05, 4.69) is 39.6 Å². The van der Waals surface area contributed by atoms with Gasteiger partial charge in [0.2, 0.25) is 5.88 Å². The smallest absolute Gasteiger partial charge is 0.213 e. The van der Waals surface area contributed by atoms with Crippen molar-refractivity contribution >= 4 is 11.6 Å². The molecule has 0 aliphatic carbocycles. The van der Waals surface area contributed by atoms with Gasteiger partial charge >= 0.3 is 0 Å². The van der Waals surface area contributed by atoms with Crippen molar-refractivity contribution in [3.8, 4) is 5.88 Å². The molecule has 102 valence electrons. The molecule has 0 saturated carbocycles. The zero-order valence-electron chi connectivity index (χ0n) is 12.1. The van der Waals surface area contributed by atoms with Crippen LogP contribution in [0.3, 0.4) is 0 Å². The van der Waals surface area contributed by atoms with Gasteiger partial charge in [0.25, 0.3) is 0 Å². The lowest BCUT2D eigenvalue weighted by atomic mass is 9.93. The largest absolute Gasteiger partial charge is 0.478 e. The molecule has 0 amide bonds.